The number of ether oxygens (including phenoxy) is 1. The summed E-state index contributed by atoms with van der Waals surface area (Å²) in [5.41, 5.74) is 6.24. The Labute approximate surface area is 114 Å². The van der Waals surface area contributed by atoms with Crippen molar-refractivity contribution < 1.29 is 4.74 Å². The number of hydrogen-bond donors (Lipinski definition) is 1. The summed E-state index contributed by atoms with van der Waals surface area (Å²) in [6.45, 7) is 1.74. The van der Waals surface area contributed by atoms with E-state index in [1.807, 2.05) is 6.07 Å². The van der Waals surface area contributed by atoms with Crippen molar-refractivity contribution in [2.45, 2.75) is 50.6 Å². The molecule has 0 unspecified atom stereocenters. The molecule has 1 aromatic rings. The van der Waals surface area contributed by atoms with Crippen molar-refractivity contribution in [2.75, 3.05) is 13.2 Å². The molecule has 19 heavy (non-hydrogen) atoms. The minimum absolute atomic E-state index is 0.0167. The van der Waals surface area contributed by atoms with Gasteiger partial charge in [0.15, 0.2) is 0 Å². The predicted molar refractivity (Wildman–Crippen MR) is 76.1 cm³/mol. The molecule has 0 bridgehead atoms. The van der Waals surface area contributed by atoms with Crippen molar-refractivity contribution in [3.05, 3.63) is 34.7 Å². The summed E-state index contributed by atoms with van der Waals surface area (Å²) in [5, 5.41) is 0. The molecule has 1 aromatic heterocycles. The standard InChI is InChI=1S/C15H24N2O2/c16-15(8-4-1-2-5-9-15)13-19-12-11-17-10-6-3-7-14(17)18/h3,6-7,10H,1-2,4-5,8-9,11-13,16H2. The summed E-state index contributed by atoms with van der Waals surface area (Å²) in [5.74, 6) is 0. The lowest BCUT2D eigenvalue weighted by atomic mass is 9.93. The lowest BCUT2D eigenvalue weighted by Gasteiger charge is -2.27. The molecular formula is C15H24N2O2. The van der Waals surface area contributed by atoms with Crippen LogP contribution < -0.4 is 11.3 Å². The van der Waals surface area contributed by atoms with Gasteiger partial charge >= 0.3 is 0 Å². The maximum atomic E-state index is 11.5. The van der Waals surface area contributed by atoms with Crippen molar-refractivity contribution in [1.29, 1.82) is 0 Å². The van der Waals surface area contributed by atoms with Crippen LogP contribution >= 0.6 is 0 Å². The Morgan fingerprint density at radius 2 is 1.95 bits per heavy atom. The van der Waals surface area contributed by atoms with Gasteiger partial charge in [0.2, 0.25) is 0 Å². The lowest BCUT2D eigenvalue weighted by Crippen LogP contribution is -2.44. The van der Waals surface area contributed by atoms with Crippen LogP contribution in [0.25, 0.3) is 0 Å². The van der Waals surface area contributed by atoms with Crippen LogP contribution in [0.5, 0.6) is 0 Å². The van der Waals surface area contributed by atoms with Crippen LogP contribution in [0, 0.1) is 0 Å². The van der Waals surface area contributed by atoms with Gasteiger partial charge in [-0.15, -0.1) is 0 Å². The molecule has 0 saturated heterocycles. The molecule has 0 aromatic carbocycles. The smallest absolute Gasteiger partial charge is 0.250 e. The van der Waals surface area contributed by atoms with Gasteiger partial charge in [-0.2, -0.15) is 0 Å². The van der Waals surface area contributed by atoms with E-state index in [4.69, 9.17) is 10.5 Å². The molecule has 0 spiro atoms. The quantitative estimate of drug-likeness (QED) is 0.653. The van der Waals surface area contributed by atoms with E-state index in [-0.39, 0.29) is 11.1 Å². The molecule has 1 saturated carbocycles. The first kappa shape index (κ1) is 14.3. The molecule has 1 fully saturated rings. The Morgan fingerprint density at radius 1 is 1.21 bits per heavy atom. The number of rotatable bonds is 5. The predicted octanol–water partition coefficient (Wildman–Crippen LogP) is 1.92. The molecule has 106 valence electrons. The Hall–Kier alpha value is -1.13. The molecule has 2 rings (SSSR count). The molecule has 0 radical (unpaired) electrons. The van der Waals surface area contributed by atoms with Crippen LogP contribution in [-0.4, -0.2) is 23.3 Å². The van der Waals surface area contributed by atoms with Crippen LogP contribution in [0.4, 0.5) is 0 Å². The zero-order valence-electron chi connectivity index (χ0n) is 11.5. The third-order valence-electron chi connectivity index (χ3n) is 3.86. The number of pyridine rings is 1. The van der Waals surface area contributed by atoms with E-state index in [1.54, 1.807) is 22.9 Å². The summed E-state index contributed by atoms with van der Waals surface area (Å²) in [6.07, 6.45) is 8.89. The third kappa shape index (κ3) is 4.48. The highest BCUT2D eigenvalue weighted by molar-refractivity contribution is 4.93. The summed E-state index contributed by atoms with van der Waals surface area (Å²) >= 11 is 0. The highest BCUT2D eigenvalue weighted by Gasteiger charge is 2.26. The molecular weight excluding hydrogens is 240 g/mol. The topological polar surface area (TPSA) is 57.2 Å². The summed E-state index contributed by atoms with van der Waals surface area (Å²) in [6, 6.07) is 5.17. The van der Waals surface area contributed by atoms with Gasteiger partial charge in [-0.3, -0.25) is 4.79 Å². The van der Waals surface area contributed by atoms with E-state index in [0.29, 0.717) is 19.8 Å². The molecule has 0 amide bonds. The molecule has 1 heterocycles. The first-order chi connectivity index (χ1) is 9.20. The first-order valence-electron chi connectivity index (χ1n) is 7.22. The minimum atomic E-state index is -0.155. The maximum absolute atomic E-state index is 11.5. The van der Waals surface area contributed by atoms with Crippen molar-refractivity contribution in [2.24, 2.45) is 5.73 Å². The van der Waals surface area contributed by atoms with Crippen molar-refractivity contribution in [3.63, 3.8) is 0 Å². The summed E-state index contributed by atoms with van der Waals surface area (Å²) in [4.78, 5) is 11.5. The molecule has 1 aliphatic rings. The Balaban J connectivity index is 1.74. The second-order valence-electron chi connectivity index (χ2n) is 5.56. The Bertz CT molecular complexity index is 434. The second kappa shape index (κ2) is 6.87. The zero-order valence-corrected chi connectivity index (χ0v) is 11.5. The first-order valence-corrected chi connectivity index (χ1v) is 7.22. The van der Waals surface area contributed by atoms with Crippen LogP contribution in [0.3, 0.4) is 0 Å². The van der Waals surface area contributed by atoms with Gasteiger partial charge in [0.1, 0.15) is 0 Å². The van der Waals surface area contributed by atoms with Crippen molar-refractivity contribution >= 4 is 0 Å². The van der Waals surface area contributed by atoms with E-state index < -0.39 is 0 Å². The fourth-order valence-electron chi connectivity index (χ4n) is 2.66. The van der Waals surface area contributed by atoms with Gasteiger partial charge < -0.3 is 15.0 Å². The third-order valence-corrected chi connectivity index (χ3v) is 3.86. The van der Waals surface area contributed by atoms with E-state index >= 15 is 0 Å². The average Bonchev–Trinajstić information content (AvgIpc) is 2.62. The number of nitrogens with zero attached hydrogens (tertiary/aromatic N) is 1. The largest absolute Gasteiger partial charge is 0.378 e. The molecule has 0 atom stereocenters. The molecule has 2 N–H and O–H groups in total. The Kier molecular flexibility index (Phi) is 5.16. The monoisotopic (exact) mass is 264 g/mol. The summed E-state index contributed by atoms with van der Waals surface area (Å²) in [7, 11) is 0. The second-order valence-corrected chi connectivity index (χ2v) is 5.56. The fourth-order valence-corrected chi connectivity index (χ4v) is 2.66. The highest BCUT2D eigenvalue weighted by Crippen LogP contribution is 2.25. The Morgan fingerprint density at radius 3 is 2.63 bits per heavy atom. The van der Waals surface area contributed by atoms with Crippen LogP contribution in [-0.2, 0) is 11.3 Å². The van der Waals surface area contributed by atoms with E-state index in [1.165, 1.54) is 25.7 Å². The van der Waals surface area contributed by atoms with Gasteiger partial charge in [0.25, 0.3) is 5.56 Å². The van der Waals surface area contributed by atoms with Crippen molar-refractivity contribution in [1.82, 2.24) is 4.57 Å². The number of nitrogens with two attached hydrogens (primary N) is 1. The van der Waals surface area contributed by atoms with Gasteiger partial charge in [0.05, 0.1) is 13.2 Å². The van der Waals surface area contributed by atoms with Gasteiger partial charge in [-0.05, 0) is 18.9 Å². The van der Waals surface area contributed by atoms with Crippen LogP contribution in [0.2, 0.25) is 0 Å². The van der Waals surface area contributed by atoms with E-state index in [2.05, 4.69) is 0 Å². The molecule has 4 heteroatoms. The number of hydrogen-bond acceptors (Lipinski definition) is 3. The van der Waals surface area contributed by atoms with Crippen LogP contribution in [0.15, 0.2) is 29.2 Å². The van der Waals surface area contributed by atoms with Gasteiger partial charge in [-0.1, -0.05) is 31.7 Å². The fraction of sp³-hybridized carbons (Fsp3) is 0.667. The van der Waals surface area contributed by atoms with Crippen LogP contribution in [0.1, 0.15) is 38.5 Å². The highest BCUT2D eigenvalue weighted by atomic mass is 16.5. The maximum Gasteiger partial charge on any atom is 0.250 e. The molecule has 0 aliphatic heterocycles. The van der Waals surface area contributed by atoms with E-state index in [9.17, 15) is 4.79 Å². The zero-order chi connectivity index (χ0) is 13.6. The summed E-state index contributed by atoms with van der Waals surface area (Å²) < 4.78 is 7.37. The minimum Gasteiger partial charge on any atom is -0.378 e. The van der Waals surface area contributed by atoms with Gasteiger partial charge in [0, 0.05) is 24.3 Å². The van der Waals surface area contributed by atoms with E-state index in [0.717, 1.165) is 12.8 Å². The molecule has 4 nitrogen and oxygen atoms in total. The normalized spacial score (nSPS) is 19.0. The van der Waals surface area contributed by atoms with Gasteiger partial charge in [-0.25, -0.2) is 0 Å². The van der Waals surface area contributed by atoms with Crippen molar-refractivity contribution in [3.8, 4) is 0 Å². The average molecular weight is 264 g/mol. The number of aromatic nitrogens is 1. The lowest BCUT2D eigenvalue weighted by molar-refractivity contribution is 0.0723. The SMILES string of the molecule is NC1(COCCn2ccccc2=O)CCCCCC1. The molecule has 1 aliphatic carbocycles.